The zero-order chi connectivity index (χ0) is 21.6. The maximum Gasteiger partial charge on any atom is 0.226 e. The Kier molecular flexibility index (Phi) is 6.35. The van der Waals surface area contributed by atoms with Gasteiger partial charge in [0, 0.05) is 25.5 Å². The molecule has 0 saturated heterocycles. The summed E-state index contributed by atoms with van der Waals surface area (Å²) in [4.78, 5) is 18.6. The molecule has 1 aliphatic heterocycles. The number of aromatic nitrogens is 2. The average molecular weight is 423 g/mol. The number of hydrogen-bond donors (Lipinski definition) is 0. The highest BCUT2D eigenvalue weighted by Gasteiger charge is 2.23. The molecule has 0 spiro atoms. The second-order valence-electron chi connectivity index (χ2n) is 7.37. The highest BCUT2D eigenvalue weighted by Crippen LogP contribution is 2.31. The highest BCUT2D eigenvalue weighted by atomic mass is 16.6. The minimum absolute atomic E-state index is 0.0392. The van der Waals surface area contributed by atoms with Crippen molar-refractivity contribution in [1.82, 2.24) is 15.0 Å². The normalized spacial score (nSPS) is 14.8. The Bertz CT molecular complexity index is 1020. The van der Waals surface area contributed by atoms with Crippen molar-refractivity contribution in [2.45, 2.75) is 25.4 Å². The third-order valence-corrected chi connectivity index (χ3v) is 5.07. The Hall–Kier alpha value is -3.55. The number of nitrogens with zero attached hydrogens (tertiary/aromatic N) is 3. The Morgan fingerprint density at radius 2 is 1.94 bits per heavy atom. The quantitative estimate of drug-likeness (QED) is 0.549. The number of benzene rings is 2. The average Bonchev–Trinajstić information content (AvgIpc) is 3.28. The number of likely N-dealkylation sites (N-methyl/N-ethyl adjacent to an activating group) is 1. The molecule has 8 nitrogen and oxygen atoms in total. The molecule has 0 fully saturated rings. The van der Waals surface area contributed by atoms with Gasteiger partial charge in [0.1, 0.15) is 12.4 Å². The Morgan fingerprint density at radius 3 is 2.71 bits per heavy atom. The molecule has 0 aliphatic carbocycles. The third-order valence-electron chi connectivity index (χ3n) is 5.07. The molecule has 2 aromatic carbocycles. The molecule has 162 valence electrons. The molecule has 3 aromatic rings. The van der Waals surface area contributed by atoms with E-state index < -0.39 is 0 Å². The van der Waals surface area contributed by atoms with Crippen molar-refractivity contribution in [3.05, 3.63) is 54.4 Å². The van der Waals surface area contributed by atoms with E-state index in [1.165, 1.54) is 0 Å². The molecule has 1 unspecified atom stereocenters. The molecule has 0 N–H and O–H groups in total. The van der Waals surface area contributed by atoms with Crippen LogP contribution in [-0.4, -0.2) is 54.4 Å². The fourth-order valence-corrected chi connectivity index (χ4v) is 3.36. The van der Waals surface area contributed by atoms with E-state index in [4.69, 9.17) is 18.7 Å². The molecule has 8 heteroatoms. The van der Waals surface area contributed by atoms with Crippen LogP contribution in [0.3, 0.4) is 0 Å². The monoisotopic (exact) mass is 423 g/mol. The lowest BCUT2D eigenvalue weighted by molar-refractivity contribution is -0.131. The van der Waals surface area contributed by atoms with Crippen LogP contribution in [0.2, 0.25) is 0 Å². The number of ether oxygens (including phenoxy) is 3. The zero-order valence-corrected chi connectivity index (χ0v) is 17.6. The number of methoxy groups -OCH3 is 1. The largest absolute Gasteiger partial charge is 0.497 e. The van der Waals surface area contributed by atoms with Crippen LogP contribution in [0.1, 0.15) is 18.7 Å². The van der Waals surface area contributed by atoms with Gasteiger partial charge < -0.3 is 23.6 Å². The van der Waals surface area contributed by atoms with Crippen molar-refractivity contribution >= 4 is 5.91 Å². The van der Waals surface area contributed by atoms with Crippen molar-refractivity contribution < 1.29 is 23.5 Å². The van der Waals surface area contributed by atoms with E-state index in [-0.39, 0.29) is 12.0 Å². The number of para-hydroxylation sites is 2. The van der Waals surface area contributed by atoms with Crippen molar-refractivity contribution in [1.29, 1.82) is 0 Å². The molecular weight excluding hydrogens is 398 g/mol. The second-order valence-corrected chi connectivity index (χ2v) is 7.37. The van der Waals surface area contributed by atoms with Crippen LogP contribution >= 0.6 is 0 Å². The Labute approximate surface area is 180 Å². The van der Waals surface area contributed by atoms with Gasteiger partial charge >= 0.3 is 0 Å². The molecule has 1 aliphatic rings. The van der Waals surface area contributed by atoms with Gasteiger partial charge in [0.25, 0.3) is 0 Å². The van der Waals surface area contributed by atoms with E-state index in [2.05, 4.69) is 10.1 Å². The standard InChI is InChI=1S/C23H25N3O5/c1-26(14-18-15-29-19-6-3-4-7-20(19)30-18)22(27)9-5-8-21-24-23(25-31-21)16-10-12-17(28-2)13-11-16/h3-4,6-7,10-13,18H,5,8-9,14-15H2,1-2H3. The molecule has 2 heterocycles. The molecule has 31 heavy (non-hydrogen) atoms. The predicted molar refractivity (Wildman–Crippen MR) is 113 cm³/mol. The molecule has 1 aromatic heterocycles. The summed E-state index contributed by atoms with van der Waals surface area (Å²) in [6.07, 6.45) is 1.37. The van der Waals surface area contributed by atoms with Crippen molar-refractivity contribution in [2.75, 3.05) is 27.3 Å². The summed E-state index contributed by atoms with van der Waals surface area (Å²) in [7, 11) is 3.40. The van der Waals surface area contributed by atoms with Crippen molar-refractivity contribution in [3.63, 3.8) is 0 Å². The molecule has 0 bridgehead atoms. The Balaban J connectivity index is 1.22. The second kappa shape index (κ2) is 9.51. The molecule has 0 radical (unpaired) electrons. The van der Waals surface area contributed by atoms with Crippen LogP contribution < -0.4 is 14.2 Å². The summed E-state index contributed by atoms with van der Waals surface area (Å²) in [5, 5.41) is 4.02. The van der Waals surface area contributed by atoms with Crippen LogP contribution in [0.5, 0.6) is 17.2 Å². The number of hydrogen-bond acceptors (Lipinski definition) is 7. The first kappa shape index (κ1) is 20.7. The van der Waals surface area contributed by atoms with E-state index in [1.807, 2.05) is 48.5 Å². The lowest BCUT2D eigenvalue weighted by atomic mass is 10.2. The maximum atomic E-state index is 12.5. The molecule has 1 atom stereocenters. The summed E-state index contributed by atoms with van der Waals surface area (Å²) in [6, 6.07) is 15.0. The van der Waals surface area contributed by atoms with Gasteiger partial charge in [0.15, 0.2) is 17.6 Å². The van der Waals surface area contributed by atoms with E-state index in [9.17, 15) is 4.79 Å². The minimum Gasteiger partial charge on any atom is -0.497 e. The molecule has 1 amide bonds. The number of amides is 1. The van der Waals surface area contributed by atoms with E-state index >= 15 is 0 Å². The van der Waals surface area contributed by atoms with Crippen molar-refractivity contribution in [3.8, 4) is 28.6 Å². The SMILES string of the molecule is COc1ccc(-c2noc(CCCC(=O)N(C)CC3COc4ccccc4O3)n2)cc1. The Morgan fingerprint density at radius 1 is 1.16 bits per heavy atom. The molecule has 0 saturated carbocycles. The predicted octanol–water partition coefficient (Wildman–Crippen LogP) is 3.37. The van der Waals surface area contributed by atoms with E-state index in [1.54, 1.807) is 19.1 Å². The summed E-state index contributed by atoms with van der Waals surface area (Å²) in [6.45, 7) is 0.889. The lowest BCUT2D eigenvalue weighted by Crippen LogP contribution is -2.41. The first-order chi connectivity index (χ1) is 15.1. The van der Waals surface area contributed by atoms with Gasteiger partial charge in [-0.1, -0.05) is 17.3 Å². The first-order valence-corrected chi connectivity index (χ1v) is 10.2. The van der Waals surface area contributed by atoms with Crippen LogP contribution in [0.15, 0.2) is 53.1 Å². The summed E-state index contributed by atoms with van der Waals surface area (Å²) in [5.74, 6) is 3.30. The number of fused-ring (bicyclic) bond motifs is 1. The maximum absolute atomic E-state index is 12.5. The van der Waals surface area contributed by atoms with Gasteiger partial charge in [0.2, 0.25) is 17.6 Å². The molecule has 4 rings (SSSR count). The highest BCUT2D eigenvalue weighted by molar-refractivity contribution is 5.75. The number of rotatable bonds is 8. The van der Waals surface area contributed by atoms with Gasteiger partial charge in [0.05, 0.1) is 13.7 Å². The smallest absolute Gasteiger partial charge is 0.226 e. The third kappa shape index (κ3) is 5.14. The fraction of sp³-hybridized carbons (Fsp3) is 0.348. The topological polar surface area (TPSA) is 86.9 Å². The van der Waals surface area contributed by atoms with Gasteiger partial charge in [-0.3, -0.25) is 4.79 Å². The number of carbonyl (C=O) groups is 1. The summed E-state index contributed by atoms with van der Waals surface area (Å²) in [5.41, 5.74) is 0.850. The summed E-state index contributed by atoms with van der Waals surface area (Å²) < 4.78 is 22.1. The van der Waals surface area contributed by atoms with Gasteiger partial charge in [-0.05, 0) is 42.8 Å². The van der Waals surface area contributed by atoms with Gasteiger partial charge in [-0.25, -0.2) is 0 Å². The summed E-state index contributed by atoms with van der Waals surface area (Å²) >= 11 is 0. The van der Waals surface area contributed by atoms with E-state index in [0.29, 0.717) is 49.9 Å². The van der Waals surface area contributed by atoms with Gasteiger partial charge in [-0.15, -0.1) is 0 Å². The van der Waals surface area contributed by atoms with Crippen LogP contribution in [0.25, 0.3) is 11.4 Å². The van der Waals surface area contributed by atoms with Crippen LogP contribution in [0, 0.1) is 0 Å². The number of aryl methyl sites for hydroxylation is 1. The number of carbonyl (C=O) groups excluding carboxylic acids is 1. The van der Waals surface area contributed by atoms with Crippen LogP contribution in [0.4, 0.5) is 0 Å². The zero-order valence-electron chi connectivity index (χ0n) is 17.6. The van der Waals surface area contributed by atoms with Gasteiger partial charge in [-0.2, -0.15) is 4.98 Å². The van der Waals surface area contributed by atoms with E-state index in [0.717, 1.165) is 17.1 Å². The minimum atomic E-state index is -0.188. The van der Waals surface area contributed by atoms with Crippen LogP contribution in [-0.2, 0) is 11.2 Å². The van der Waals surface area contributed by atoms with Crippen molar-refractivity contribution in [2.24, 2.45) is 0 Å². The first-order valence-electron chi connectivity index (χ1n) is 10.2. The molecular formula is C23H25N3O5. The lowest BCUT2D eigenvalue weighted by Gasteiger charge is -2.29. The fourth-order valence-electron chi connectivity index (χ4n) is 3.36.